The summed E-state index contributed by atoms with van der Waals surface area (Å²) in [6, 6.07) is 8.68. The fraction of sp³-hybridized carbons (Fsp3) is 0.600. The molecule has 2 N–H and O–H groups in total. The van der Waals surface area contributed by atoms with Crippen LogP contribution in [0.2, 0.25) is 0 Å². The van der Waals surface area contributed by atoms with Crippen LogP contribution in [-0.2, 0) is 11.2 Å². The Labute approximate surface area is 116 Å². The second-order valence-corrected chi connectivity index (χ2v) is 4.65. The zero-order valence-electron chi connectivity index (χ0n) is 12.2. The van der Waals surface area contributed by atoms with Crippen molar-refractivity contribution in [2.24, 2.45) is 0 Å². The molecule has 1 rings (SSSR count). The van der Waals surface area contributed by atoms with Gasteiger partial charge in [0, 0.05) is 26.2 Å². The van der Waals surface area contributed by atoms with E-state index in [4.69, 9.17) is 9.47 Å². The summed E-state index contributed by atoms with van der Waals surface area (Å²) in [6.45, 7) is 5.78. The van der Waals surface area contributed by atoms with Gasteiger partial charge < -0.3 is 20.1 Å². The van der Waals surface area contributed by atoms with Gasteiger partial charge in [-0.3, -0.25) is 0 Å². The van der Waals surface area contributed by atoms with Crippen LogP contribution in [0.25, 0.3) is 0 Å². The van der Waals surface area contributed by atoms with E-state index in [0.717, 1.165) is 38.4 Å². The zero-order valence-corrected chi connectivity index (χ0v) is 12.2. The lowest BCUT2D eigenvalue weighted by molar-refractivity contribution is 0.198. The van der Waals surface area contributed by atoms with Crippen LogP contribution in [0.4, 0.5) is 0 Å². The van der Waals surface area contributed by atoms with Crippen LogP contribution in [0.15, 0.2) is 24.3 Å². The predicted molar refractivity (Wildman–Crippen MR) is 78.9 cm³/mol. The van der Waals surface area contributed by atoms with Crippen LogP contribution >= 0.6 is 0 Å². The number of ether oxygens (including phenoxy) is 2. The zero-order chi connectivity index (χ0) is 13.9. The Hall–Kier alpha value is -1.10. The third kappa shape index (κ3) is 7.15. The van der Waals surface area contributed by atoms with Gasteiger partial charge in [-0.25, -0.2) is 0 Å². The summed E-state index contributed by atoms with van der Waals surface area (Å²) in [5.74, 6) is 0.923. The lowest BCUT2D eigenvalue weighted by Gasteiger charge is -2.14. The lowest BCUT2D eigenvalue weighted by atomic mass is 10.1. The Morgan fingerprint density at radius 1 is 1.21 bits per heavy atom. The van der Waals surface area contributed by atoms with E-state index in [1.165, 1.54) is 5.56 Å². The molecule has 0 aliphatic heterocycles. The average molecular weight is 266 g/mol. The van der Waals surface area contributed by atoms with Gasteiger partial charge >= 0.3 is 0 Å². The molecule has 1 aromatic rings. The van der Waals surface area contributed by atoms with Crippen LogP contribution in [0.3, 0.4) is 0 Å². The van der Waals surface area contributed by atoms with Gasteiger partial charge in [-0.1, -0.05) is 12.1 Å². The van der Waals surface area contributed by atoms with E-state index in [0.29, 0.717) is 6.04 Å². The van der Waals surface area contributed by atoms with Crippen molar-refractivity contribution in [2.75, 3.05) is 40.5 Å². The van der Waals surface area contributed by atoms with E-state index >= 15 is 0 Å². The van der Waals surface area contributed by atoms with Gasteiger partial charge in [0.15, 0.2) is 0 Å². The van der Waals surface area contributed by atoms with Gasteiger partial charge in [-0.05, 0) is 37.6 Å². The number of methoxy groups -OCH3 is 2. The molecule has 0 amide bonds. The van der Waals surface area contributed by atoms with Crippen molar-refractivity contribution in [3.8, 4) is 5.75 Å². The van der Waals surface area contributed by atoms with E-state index in [-0.39, 0.29) is 0 Å². The number of rotatable bonds is 10. The summed E-state index contributed by atoms with van der Waals surface area (Å²) in [5.41, 5.74) is 1.30. The molecule has 0 saturated carbocycles. The molecule has 4 nitrogen and oxygen atoms in total. The van der Waals surface area contributed by atoms with E-state index in [1.54, 1.807) is 14.2 Å². The van der Waals surface area contributed by atoms with E-state index in [1.807, 2.05) is 12.1 Å². The first-order valence-corrected chi connectivity index (χ1v) is 6.82. The molecule has 4 heteroatoms. The van der Waals surface area contributed by atoms with Crippen LogP contribution in [0.5, 0.6) is 5.75 Å². The van der Waals surface area contributed by atoms with Crippen molar-refractivity contribution < 1.29 is 9.47 Å². The molecule has 1 atom stereocenters. The van der Waals surface area contributed by atoms with Crippen LogP contribution < -0.4 is 15.4 Å². The highest BCUT2D eigenvalue weighted by molar-refractivity contribution is 5.28. The van der Waals surface area contributed by atoms with E-state index in [9.17, 15) is 0 Å². The van der Waals surface area contributed by atoms with Gasteiger partial charge in [0.25, 0.3) is 0 Å². The number of benzene rings is 1. The minimum absolute atomic E-state index is 0.461. The molecule has 0 radical (unpaired) electrons. The Balaban J connectivity index is 2.15. The maximum atomic E-state index is 5.22. The van der Waals surface area contributed by atoms with Crippen molar-refractivity contribution in [1.29, 1.82) is 0 Å². The largest absolute Gasteiger partial charge is 0.497 e. The summed E-state index contributed by atoms with van der Waals surface area (Å²) < 4.78 is 10.2. The fourth-order valence-corrected chi connectivity index (χ4v) is 1.86. The first-order valence-electron chi connectivity index (χ1n) is 6.82. The molecular weight excluding hydrogens is 240 g/mol. The molecule has 0 bridgehead atoms. The summed E-state index contributed by atoms with van der Waals surface area (Å²) in [5, 5.41) is 6.85. The number of hydrogen-bond donors (Lipinski definition) is 2. The topological polar surface area (TPSA) is 42.5 Å². The van der Waals surface area contributed by atoms with Crippen molar-refractivity contribution in [2.45, 2.75) is 19.4 Å². The minimum atomic E-state index is 0.461. The third-order valence-electron chi connectivity index (χ3n) is 2.97. The molecule has 1 aromatic carbocycles. The molecule has 1 unspecified atom stereocenters. The Morgan fingerprint density at radius 2 is 2.05 bits per heavy atom. The van der Waals surface area contributed by atoms with Crippen molar-refractivity contribution in [1.82, 2.24) is 10.6 Å². The van der Waals surface area contributed by atoms with Gasteiger partial charge in [0.2, 0.25) is 0 Å². The average Bonchev–Trinajstić information content (AvgIpc) is 2.44. The maximum Gasteiger partial charge on any atom is 0.119 e. The van der Waals surface area contributed by atoms with Crippen molar-refractivity contribution in [3.63, 3.8) is 0 Å². The molecule has 108 valence electrons. The van der Waals surface area contributed by atoms with Crippen molar-refractivity contribution in [3.05, 3.63) is 29.8 Å². The normalized spacial score (nSPS) is 12.4. The van der Waals surface area contributed by atoms with E-state index in [2.05, 4.69) is 29.7 Å². The Kier molecular flexibility index (Phi) is 8.21. The quantitative estimate of drug-likeness (QED) is 0.629. The molecule has 19 heavy (non-hydrogen) atoms. The highest BCUT2D eigenvalue weighted by atomic mass is 16.5. The van der Waals surface area contributed by atoms with Gasteiger partial charge in [-0.15, -0.1) is 0 Å². The number of nitrogens with one attached hydrogen (secondary N) is 2. The predicted octanol–water partition coefficient (Wildman–Crippen LogP) is 1.45. The molecule has 0 spiro atoms. The van der Waals surface area contributed by atoms with Crippen LogP contribution in [0.1, 0.15) is 12.5 Å². The minimum Gasteiger partial charge on any atom is -0.497 e. The molecule has 0 aromatic heterocycles. The molecule has 0 aliphatic rings. The summed E-state index contributed by atoms with van der Waals surface area (Å²) in [4.78, 5) is 0. The second kappa shape index (κ2) is 9.78. The summed E-state index contributed by atoms with van der Waals surface area (Å²) in [6.07, 6.45) is 1.01. The smallest absolute Gasteiger partial charge is 0.119 e. The maximum absolute atomic E-state index is 5.22. The molecular formula is C15H26N2O2. The molecule has 0 aliphatic carbocycles. The van der Waals surface area contributed by atoms with Crippen molar-refractivity contribution >= 4 is 0 Å². The lowest BCUT2D eigenvalue weighted by Crippen LogP contribution is -2.38. The molecule has 0 heterocycles. The molecule has 0 fully saturated rings. The summed E-state index contributed by atoms with van der Waals surface area (Å²) >= 11 is 0. The standard InChI is InChI=1S/C15H26N2O2/c1-13(12-16-9-10-18-2)17-8-7-14-5-4-6-15(11-14)19-3/h4-6,11,13,16-17H,7-10,12H2,1-3H3. The van der Waals surface area contributed by atoms with Gasteiger partial charge in [-0.2, -0.15) is 0 Å². The van der Waals surface area contributed by atoms with E-state index < -0.39 is 0 Å². The molecule has 0 saturated heterocycles. The monoisotopic (exact) mass is 266 g/mol. The summed E-state index contributed by atoms with van der Waals surface area (Å²) in [7, 11) is 3.42. The Bertz CT molecular complexity index is 345. The third-order valence-corrected chi connectivity index (χ3v) is 2.97. The van der Waals surface area contributed by atoms with Crippen LogP contribution in [-0.4, -0.2) is 46.5 Å². The van der Waals surface area contributed by atoms with Gasteiger partial charge in [0.1, 0.15) is 5.75 Å². The number of hydrogen-bond acceptors (Lipinski definition) is 4. The van der Waals surface area contributed by atoms with Gasteiger partial charge in [0.05, 0.1) is 13.7 Å². The highest BCUT2D eigenvalue weighted by Crippen LogP contribution is 2.12. The van der Waals surface area contributed by atoms with Crippen LogP contribution in [0, 0.1) is 0 Å². The Morgan fingerprint density at radius 3 is 2.79 bits per heavy atom. The first-order chi connectivity index (χ1) is 9.26. The SMILES string of the molecule is COCCNCC(C)NCCc1cccc(OC)c1. The second-order valence-electron chi connectivity index (χ2n) is 4.65. The fourth-order valence-electron chi connectivity index (χ4n) is 1.86. The highest BCUT2D eigenvalue weighted by Gasteiger charge is 2.01. The first kappa shape index (κ1) is 16.0.